The summed E-state index contributed by atoms with van der Waals surface area (Å²) in [5.74, 6) is 1.68. The van der Waals surface area contributed by atoms with Crippen molar-refractivity contribution in [3.63, 3.8) is 0 Å². The topological polar surface area (TPSA) is 72.9 Å². The fourth-order valence-corrected chi connectivity index (χ4v) is 3.84. The van der Waals surface area contributed by atoms with Crippen LogP contribution in [-0.4, -0.2) is 35.2 Å². The Bertz CT molecular complexity index is 1130. The van der Waals surface area contributed by atoms with Crippen LogP contribution in [0.5, 0.6) is 0 Å². The van der Waals surface area contributed by atoms with E-state index in [9.17, 15) is 0 Å². The zero-order valence-electron chi connectivity index (χ0n) is 15.8. The molecule has 0 saturated heterocycles. The third-order valence-electron chi connectivity index (χ3n) is 5.41. The van der Waals surface area contributed by atoms with Crippen LogP contribution in [0.4, 0.5) is 5.95 Å². The number of imidazole rings is 1. The number of fused-ring (bicyclic) bond motifs is 2. The maximum Gasteiger partial charge on any atom is 0.241 e. The van der Waals surface area contributed by atoms with Gasteiger partial charge in [0.05, 0.1) is 17.2 Å². The Morgan fingerprint density at radius 2 is 2.00 bits per heavy atom. The van der Waals surface area contributed by atoms with Crippen LogP contribution >= 0.6 is 0 Å². The first-order valence-electron chi connectivity index (χ1n) is 9.56. The molecule has 5 rings (SSSR count). The normalized spacial score (nSPS) is 15.0. The van der Waals surface area contributed by atoms with Gasteiger partial charge in [-0.15, -0.1) is 5.10 Å². The van der Waals surface area contributed by atoms with Gasteiger partial charge >= 0.3 is 0 Å². The maximum atomic E-state index is 4.61. The molecule has 1 N–H and O–H groups in total. The van der Waals surface area contributed by atoms with Gasteiger partial charge in [-0.25, -0.2) is 19.5 Å². The lowest BCUT2D eigenvalue weighted by Crippen LogP contribution is -2.28. The molecule has 7 nitrogen and oxygen atoms in total. The highest BCUT2D eigenvalue weighted by Gasteiger charge is 2.19. The minimum atomic E-state index is 0.335. The Morgan fingerprint density at radius 3 is 2.74 bits per heavy atom. The van der Waals surface area contributed by atoms with Crippen LogP contribution in [0.25, 0.3) is 27.8 Å². The zero-order valence-corrected chi connectivity index (χ0v) is 15.8. The van der Waals surface area contributed by atoms with E-state index in [2.05, 4.69) is 55.9 Å². The number of nitrogens with zero attached hydrogens (tertiary/aromatic N) is 6. The van der Waals surface area contributed by atoms with Crippen molar-refractivity contribution in [2.75, 3.05) is 5.32 Å². The van der Waals surface area contributed by atoms with Crippen LogP contribution in [0.3, 0.4) is 0 Å². The third-order valence-corrected chi connectivity index (χ3v) is 5.41. The number of anilines is 1. The van der Waals surface area contributed by atoms with Crippen molar-refractivity contribution in [3.05, 3.63) is 36.5 Å². The number of hydrogen-bond donors (Lipinski definition) is 1. The molecule has 4 aromatic heterocycles. The Morgan fingerprint density at radius 1 is 1.15 bits per heavy atom. The van der Waals surface area contributed by atoms with Crippen LogP contribution in [0.15, 0.2) is 30.7 Å². The van der Waals surface area contributed by atoms with Gasteiger partial charge in [0, 0.05) is 35.6 Å². The van der Waals surface area contributed by atoms with Crippen LogP contribution in [0, 0.1) is 6.92 Å². The maximum absolute atomic E-state index is 4.61. The van der Waals surface area contributed by atoms with Crippen LogP contribution in [0.2, 0.25) is 0 Å². The van der Waals surface area contributed by atoms with Crippen molar-refractivity contribution in [3.8, 4) is 11.1 Å². The van der Waals surface area contributed by atoms with Crippen molar-refractivity contribution >= 4 is 22.6 Å². The highest BCUT2D eigenvalue weighted by atomic mass is 15.3. The monoisotopic (exact) mass is 361 g/mol. The number of hydrogen-bond acceptors (Lipinski definition) is 5. The molecule has 138 valence electrons. The molecule has 0 radical (unpaired) electrons. The molecule has 1 aliphatic carbocycles. The summed E-state index contributed by atoms with van der Waals surface area (Å²) in [5.41, 5.74) is 4.95. The largest absolute Gasteiger partial charge is 0.350 e. The summed E-state index contributed by atoms with van der Waals surface area (Å²) in [6.45, 7) is 6.36. The SMILES string of the molecule is Cc1nc2ncc(-c3ccn4nc(NC5CCC5)ncc34)cc2n1C(C)C. The highest BCUT2D eigenvalue weighted by Crippen LogP contribution is 2.29. The second kappa shape index (κ2) is 6.04. The quantitative estimate of drug-likeness (QED) is 0.595. The predicted molar refractivity (Wildman–Crippen MR) is 106 cm³/mol. The first kappa shape index (κ1) is 16.2. The van der Waals surface area contributed by atoms with Gasteiger partial charge in [-0.3, -0.25) is 0 Å². The predicted octanol–water partition coefficient (Wildman–Crippen LogP) is 3.99. The van der Waals surface area contributed by atoms with E-state index in [1.54, 1.807) is 0 Å². The molecule has 1 saturated carbocycles. The fourth-order valence-electron chi connectivity index (χ4n) is 3.84. The summed E-state index contributed by atoms with van der Waals surface area (Å²) in [7, 11) is 0. The molecule has 0 amide bonds. The average molecular weight is 361 g/mol. The van der Waals surface area contributed by atoms with Crippen molar-refractivity contribution in [1.82, 2.24) is 29.1 Å². The summed E-state index contributed by atoms with van der Waals surface area (Å²) in [4.78, 5) is 13.7. The van der Waals surface area contributed by atoms with Crippen LogP contribution in [0.1, 0.15) is 45.0 Å². The van der Waals surface area contributed by atoms with Gasteiger partial charge in [0.15, 0.2) is 5.65 Å². The van der Waals surface area contributed by atoms with Gasteiger partial charge in [-0.2, -0.15) is 0 Å². The molecular weight excluding hydrogens is 338 g/mol. The van der Waals surface area contributed by atoms with Crippen molar-refractivity contribution in [2.45, 2.75) is 52.1 Å². The number of aromatic nitrogens is 6. The van der Waals surface area contributed by atoms with E-state index in [4.69, 9.17) is 0 Å². The minimum absolute atomic E-state index is 0.335. The van der Waals surface area contributed by atoms with E-state index >= 15 is 0 Å². The van der Waals surface area contributed by atoms with Gasteiger partial charge < -0.3 is 9.88 Å². The smallest absolute Gasteiger partial charge is 0.241 e. The molecular formula is C20H23N7. The first-order valence-corrected chi connectivity index (χ1v) is 9.56. The molecule has 0 aliphatic heterocycles. The van der Waals surface area contributed by atoms with Crippen LogP contribution < -0.4 is 5.32 Å². The molecule has 4 aromatic rings. The van der Waals surface area contributed by atoms with E-state index in [1.807, 2.05) is 30.0 Å². The molecule has 1 aliphatic rings. The molecule has 0 spiro atoms. The van der Waals surface area contributed by atoms with Crippen molar-refractivity contribution in [1.29, 1.82) is 0 Å². The van der Waals surface area contributed by atoms with Gasteiger partial charge in [-0.1, -0.05) is 0 Å². The van der Waals surface area contributed by atoms with Gasteiger partial charge in [0.2, 0.25) is 5.95 Å². The van der Waals surface area contributed by atoms with Gasteiger partial charge in [0.25, 0.3) is 0 Å². The highest BCUT2D eigenvalue weighted by molar-refractivity contribution is 5.85. The van der Waals surface area contributed by atoms with E-state index in [0.29, 0.717) is 18.0 Å². The lowest BCUT2D eigenvalue weighted by Gasteiger charge is -2.26. The second-order valence-corrected chi connectivity index (χ2v) is 7.60. The molecule has 0 bridgehead atoms. The summed E-state index contributed by atoms with van der Waals surface area (Å²) in [6, 6.07) is 5.09. The van der Waals surface area contributed by atoms with Crippen LogP contribution in [-0.2, 0) is 0 Å². The standard InChI is InChI=1S/C20H23N7/c1-12(2)27-13(3)23-19-17(27)9-14(10-21-19)16-7-8-26-18(16)11-22-20(25-26)24-15-5-4-6-15/h7-12,15H,4-6H2,1-3H3,(H,24,25). The molecule has 4 heterocycles. The molecule has 0 unspecified atom stereocenters. The Kier molecular flexibility index (Phi) is 3.63. The lowest BCUT2D eigenvalue weighted by atomic mass is 9.93. The summed E-state index contributed by atoms with van der Waals surface area (Å²) < 4.78 is 4.11. The average Bonchev–Trinajstić information content (AvgIpc) is 3.16. The first-order chi connectivity index (χ1) is 13.1. The van der Waals surface area contributed by atoms with Crippen molar-refractivity contribution in [2.24, 2.45) is 0 Å². The molecule has 27 heavy (non-hydrogen) atoms. The van der Waals surface area contributed by atoms with Gasteiger partial charge in [-0.05, 0) is 52.2 Å². The number of nitrogens with one attached hydrogen (secondary N) is 1. The Hall–Kier alpha value is -2.96. The summed E-state index contributed by atoms with van der Waals surface area (Å²) in [5, 5.41) is 8.01. The number of rotatable bonds is 4. The summed E-state index contributed by atoms with van der Waals surface area (Å²) >= 11 is 0. The number of aryl methyl sites for hydroxylation is 1. The fraction of sp³-hybridized carbons (Fsp3) is 0.400. The minimum Gasteiger partial charge on any atom is -0.350 e. The zero-order chi connectivity index (χ0) is 18.5. The molecule has 1 fully saturated rings. The Balaban J connectivity index is 1.57. The molecule has 7 heteroatoms. The summed E-state index contributed by atoms with van der Waals surface area (Å²) in [6.07, 6.45) is 9.44. The van der Waals surface area contributed by atoms with Gasteiger partial charge in [0.1, 0.15) is 5.82 Å². The Labute approximate surface area is 157 Å². The lowest BCUT2D eigenvalue weighted by molar-refractivity contribution is 0.442. The molecule has 0 aromatic carbocycles. The van der Waals surface area contributed by atoms with E-state index in [0.717, 1.165) is 33.6 Å². The third kappa shape index (κ3) is 2.65. The van der Waals surface area contributed by atoms with E-state index < -0.39 is 0 Å². The van der Waals surface area contributed by atoms with E-state index in [-0.39, 0.29) is 0 Å². The second-order valence-electron chi connectivity index (χ2n) is 7.60. The van der Waals surface area contributed by atoms with E-state index in [1.165, 1.54) is 19.3 Å². The van der Waals surface area contributed by atoms with Crippen molar-refractivity contribution < 1.29 is 0 Å². The number of pyridine rings is 1. The molecule has 0 atom stereocenters.